The van der Waals surface area contributed by atoms with E-state index in [4.69, 9.17) is 21.3 Å². The maximum Gasteiger partial charge on any atom is 0.266 e. The highest BCUT2D eigenvalue weighted by atomic mass is 35.5. The number of amides is 1. The third kappa shape index (κ3) is 6.01. The van der Waals surface area contributed by atoms with Crippen LogP contribution in [0.25, 0.3) is 22.2 Å². The number of nitriles is 1. The number of hydrogen-bond donors (Lipinski definition) is 2. The molecule has 206 valence electrons. The molecule has 0 unspecified atom stereocenters. The number of para-hydroxylation sites is 1. The first kappa shape index (κ1) is 28.4. The molecule has 0 bridgehead atoms. The fourth-order valence-electron chi connectivity index (χ4n) is 4.29. The lowest BCUT2D eigenvalue weighted by atomic mass is 10.1. The van der Waals surface area contributed by atoms with Gasteiger partial charge in [-0.1, -0.05) is 36.4 Å². The molecule has 40 heavy (non-hydrogen) atoms. The van der Waals surface area contributed by atoms with Crippen LogP contribution in [0.3, 0.4) is 0 Å². The van der Waals surface area contributed by atoms with Gasteiger partial charge in [0.05, 0.1) is 46.7 Å². The maximum atomic E-state index is 12.5. The zero-order valence-corrected chi connectivity index (χ0v) is 23.9. The van der Waals surface area contributed by atoms with Gasteiger partial charge in [0.2, 0.25) is 5.95 Å². The van der Waals surface area contributed by atoms with E-state index in [1.165, 1.54) is 6.20 Å². The standard InChI is InChI=1S/C29H31ClN8O2/c1-18(30)28(39)33-22-13-23(26(40-6)14-25(22)37(4)12-11-36(2)3)34-29-32-16-19(15-31)27(35-29)21-17-38(5)24-10-8-7-9-20(21)24/h7-10,13-14,16-17H,1,11-12H2,2-6H3,(H,33,39)(H,32,34,35). The minimum Gasteiger partial charge on any atom is -0.494 e. The summed E-state index contributed by atoms with van der Waals surface area (Å²) in [6.45, 7) is 5.02. The Hall–Kier alpha value is -4.59. The highest BCUT2D eigenvalue weighted by Crippen LogP contribution is 2.39. The van der Waals surface area contributed by atoms with Crippen LogP contribution in [0.4, 0.5) is 23.0 Å². The molecule has 2 aromatic heterocycles. The van der Waals surface area contributed by atoms with E-state index in [-0.39, 0.29) is 11.0 Å². The first-order chi connectivity index (χ1) is 19.1. The van der Waals surface area contributed by atoms with Crippen LogP contribution in [0.15, 0.2) is 60.4 Å². The lowest BCUT2D eigenvalue weighted by Crippen LogP contribution is -2.29. The van der Waals surface area contributed by atoms with E-state index in [0.29, 0.717) is 34.9 Å². The molecule has 11 heteroatoms. The predicted octanol–water partition coefficient (Wildman–Crippen LogP) is 4.95. The summed E-state index contributed by atoms with van der Waals surface area (Å²) in [7, 11) is 9.42. The fourth-order valence-corrected chi connectivity index (χ4v) is 4.34. The van der Waals surface area contributed by atoms with Gasteiger partial charge in [0.25, 0.3) is 5.91 Å². The third-order valence-electron chi connectivity index (χ3n) is 6.41. The number of methoxy groups -OCH3 is 1. The van der Waals surface area contributed by atoms with E-state index in [1.807, 2.05) is 74.2 Å². The number of aromatic nitrogens is 3. The minimum absolute atomic E-state index is 0.137. The minimum atomic E-state index is -0.520. The van der Waals surface area contributed by atoms with Gasteiger partial charge in [-0.25, -0.2) is 9.97 Å². The van der Waals surface area contributed by atoms with Gasteiger partial charge >= 0.3 is 0 Å². The van der Waals surface area contributed by atoms with E-state index in [2.05, 4.69) is 33.2 Å². The highest BCUT2D eigenvalue weighted by Gasteiger charge is 2.19. The number of nitrogens with one attached hydrogen (secondary N) is 2. The fraction of sp³-hybridized carbons (Fsp3) is 0.241. The number of aryl methyl sites for hydroxylation is 1. The van der Waals surface area contributed by atoms with Gasteiger partial charge in [0.1, 0.15) is 11.8 Å². The molecule has 0 aliphatic rings. The molecule has 0 radical (unpaired) electrons. The number of ether oxygens (including phenoxy) is 1. The monoisotopic (exact) mass is 558 g/mol. The molecule has 2 N–H and O–H groups in total. The summed E-state index contributed by atoms with van der Waals surface area (Å²) >= 11 is 5.87. The number of halogens is 1. The lowest BCUT2D eigenvalue weighted by Gasteiger charge is -2.26. The van der Waals surface area contributed by atoms with Crippen molar-refractivity contribution in [2.45, 2.75) is 0 Å². The van der Waals surface area contributed by atoms with Crippen LogP contribution in [0.2, 0.25) is 0 Å². The molecule has 0 fully saturated rings. The van der Waals surface area contributed by atoms with E-state index < -0.39 is 5.91 Å². The molecule has 0 saturated heterocycles. The van der Waals surface area contributed by atoms with Gasteiger partial charge in [0, 0.05) is 55.9 Å². The van der Waals surface area contributed by atoms with Gasteiger partial charge < -0.3 is 29.7 Å². The van der Waals surface area contributed by atoms with Crippen molar-refractivity contribution in [2.24, 2.45) is 7.05 Å². The molecule has 0 aliphatic carbocycles. The van der Waals surface area contributed by atoms with Crippen LogP contribution in [-0.4, -0.2) is 66.7 Å². The Balaban J connectivity index is 1.78. The second kappa shape index (κ2) is 12.1. The van der Waals surface area contributed by atoms with Gasteiger partial charge in [-0.05, 0) is 26.2 Å². The van der Waals surface area contributed by atoms with Crippen LogP contribution < -0.4 is 20.3 Å². The van der Waals surface area contributed by atoms with E-state index in [1.54, 1.807) is 13.2 Å². The zero-order chi connectivity index (χ0) is 29.0. The van der Waals surface area contributed by atoms with E-state index in [9.17, 15) is 10.1 Å². The van der Waals surface area contributed by atoms with Crippen molar-refractivity contribution in [3.63, 3.8) is 0 Å². The molecule has 10 nitrogen and oxygen atoms in total. The predicted molar refractivity (Wildman–Crippen MR) is 160 cm³/mol. The number of benzene rings is 2. The number of carbonyl (C=O) groups excluding carboxylic acids is 1. The number of likely N-dealkylation sites (N-methyl/N-ethyl adjacent to an activating group) is 2. The van der Waals surface area contributed by atoms with Crippen molar-refractivity contribution in [3.8, 4) is 23.1 Å². The van der Waals surface area contributed by atoms with Crippen molar-refractivity contribution < 1.29 is 9.53 Å². The first-order valence-corrected chi connectivity index (χ1v) is 12.8. The summed E-state index contributed by atoms with van der Waals surface area (Å²) in [6, 6.07) is 13.7. The summed E-state index contributed by atoms with van der Waals surface area (Å²) in [6.07, 6.45) is 3.44. The molecule has 0 aliphatic heterocycles. The molecule has 2 aromatic carbocycles. The van der Waals surface area contributed by atoms with Gasteiger partial charge in [-0.2, -0.15) is 5.26 Å². The molecule has 0 saturated carbocycles. The summed E-state index contributed by atoms with van der Waals surface area (Å²) in [4.78, 5) is 25.7. The Bertz CT molecular complexity index is 1620. The zero-order valence-electron chi connectivity index (χ0n) is 23.1. The Labute approximate surface area is 238 Å². The topological polar surface area (TPSA) is 111 Å². The van der Waals surface area contributed by atoms with Crippen LogP contribution in [0.5, 0.6) is 5.75 Å². The average molecular weight is 559 g/mol. The Morgan fingerprint density at radius 3 is 2.62 bits per heavy atom. The van der Waals surface area contributed by atoms with Gasteiger partial charge in [0.15, 0.2) is 0 Å². The maximum absolute atomic E-state index is 12.5. The Morgan fingerprint density at radius 1 is 1.20 bits per heavy atom. The SMILES string of the molecule is C=C(Cl)C(=O)Nc1cc(Nc2ncc(C#N)c(-c3cn(C)c4ccccc34)n2)c(OC)cc1N(C)CCN(C)C. The van der Waals surface area contributed by atoms with E-state index in [0.717, 1.165) is 28.7 Å². The van der Waals surface area contributed by atoms with Crippen molar-refractivity contribution in [1.29, 1.82) is 5.26 Å². The van der Waals surface area contributed by atoms with Crippen LogP contribution in [0.1, 0.15) is 5.56 Å². The molecule has 0 atom stereocenters. The summed E-state index contributed by atoms with van der Waals surface area (Å²) < 4.78 is 7.69. The van der Waals surface area contributed by atoms with Crippen molar-refractivity contribution in [2.75, 3.05) is 56.9 Å². The lowest BCUT2D eigenvalue weighted by molar-refractivity contribution is -0.112. The normalized spacial score (nSPS) is 10.8. The molecular formula is C29H31ClN8O2. The largest absolute Gasteiger partial charge is 0.494 e. The molecule has 4 aromatic rings. The molecule has 4 rings (SSSR count). The Morgan fingerprint density at radius 2 is 1.95 bits per heavy atom. The summed E-state index contributed by atoms with van der Waals surface area (Å²) in [5.74, 6) is 0.245. The molecular weight excluding hydrogens is 528 g/mol. The first-order valence-electron chi connectivity index (χ1n) is 12.4. The van der Waals surface area contributed by atoms with Gasteiger partial charge in [-0.15, -0.1) is 0 Å². The van der Waals surface area contributed by atoms with Crippen LogP contribution in [0, 0.1) is 11.3 Å². The summed E-state index contributed by atoms with van der Waals surface area (Å²) in [5.41, 5.74) is 4.43. The number of nitrogens with zero attached hydrogens (tertiary/aromatic N) is 6. The van der Waals surface area contributed by atoms with Crippen LogP contribution in [-0.2, 0) is 11.8 Å². The van der Waals surface area contributed by atoms with Gasteiger partial charge in [-0.3, -0.25) is 4.79 Å². The highest BCUT2D eigenvalue weighted by molar-refractivity contribution is 6.43. The molecule has 2 heterocycles. The Kier molecular flexibility index (Phi) is 8.58. The number of anilines is 4. The third-order valence-corrected chi connectivity index (χ3v) is 6.59. The van der Waals surface area contributed by atoms with Crippen molar-refractivity contribution in [1.82, 2.24) is 19.4 Å². The number of hydrogen-bond acceptors (Lipinski definition) is 8. The van der Waals surface area contributed by atoms with E-state index >= 15 is 0 Å². The number of carbonyl (C=O) groups is 1. The smallest absolute Gasteiger partial charge is 0.266 e. The number of fused-ring (bicyclic) bond motifs is 1. The van der Waals surface area contributed by atoms with Crippen molar-refractivity contribution in [3.05, 3.63) is 66.0 Å². The van der Waals surface area contributed by atoms with Crippen LogP contribution >= 0.6 is 11.6 Å². The average Bonchev–Trinajstić information content (AvgIpc) is 3.28. The molecule has 1 amide bonds. The number of rotatable bonds is 10. The van der Waals surface area contributed by atoms with Crippen molar-refractivity contribution >= 4 is 51.4 Å². The quantitative estimate of drug-likeness (QED) is 0.263. The summed E-state index contributed by atoms with van der Waals surface area (Å²) in [5, 5.41) is 16.7. The molecule has 0 spiro atoms. The second-order valence-electron chi connectivity index (χ2n) is 9.52. The second-order valence-corrected chi connectivity index (χ2v) is 9.97.